The first-order valence-corrected chi connectivity index (χ1v) is 16.4. The fourth-order valence-corrected chi connectivity index (χ4v) is 7.28. The molecule has 3 amide bonds. The molecule has 1 N–H and O–H groups in total. The van der Waals surface area contributed by atoms with E-state index in [2.05, 4.69) is 5.32 Å². The third-order valence-corrected chi connectivity index (χ3v) is 9.67. The Morgan fingerprint density at radius 1 is 0.977 bits per heavy atom. The number of hydrogen-bond acceptors (Lipinski definition) is 6. The van der Waals surface area contributed by atoms with Gasteiger partial charge in [-0.1, -0.05) is 12.1 Å². The van der Waals surface area contributed by atoms with Crippen LogP contribution in [0, 0.1) is 18.8 Å². The number of thiophene rings is 1. The predicted octanol–water partition coefficient (Wildman–Crippen LogP) is 5.15. The van der Waals surface area contributed by atoms with Crippen LogP contribution in [0.5, 0.6) is 0 Å². The van der Waals surface area contributed by atoms with Crippen molar-refractivity contribution >= 4 is 50.9 Å². The van der Waals surface area contributed by atoms with E-state index < -0.39 is 0 Å². The second-order valence-corrected chi connectivity index (χ2v) is 12.6. The summed E-state index contributed by atoms with van der Waals surface area (Å²) in [5.74, 6) is -0.432. The molecule has 0 atom stereocenters. The number of carbonyl (C=O) groups is 4. The van der Waals surface area contributed by atoms with Gasteiger partial charge in [0.25, 0.3) is 5.91 Å². The third kappa shape index (κ3) is 6.95. The zero-order chi connectivity index (χ0) is 30.5. The van der Waals surface area contributed by atoms with Gasteiger partial charge < -0.3 is 24.4 Å². The number of aromatic nitrogens is 1. The average Bonchev–Trinajstić information content (AvgIpc) is 3.60. The first-order valence-electron chi connectivity index (χ1n) is 15.5. The fourth-order valence-electron chi connectivity index (χ4n) is 6.45. The Balaban J connectivity index is 1.18. The summed E-state index contributed by atoms with van der Waals surface area (Å²) in [7, 11) is 0. The Hall–Kier alpha value is -3.66. The quantitative estimate of drug-likeness (QED) is 0.340. The molecule has 0 bridgehead atoms. The molecule has 0 radical (unpaired) electrons. The van der Waals surface area contributed by atoms with Crippen molar-refractivity contribution in [2.45, 2.75) is 71.9 Å². The lowest BCUT2D eigenvalue weighted by Crippen LogP contribution is -2.46. The number of fused-ring (bicyclic) bond motifs is 1. The van der Waals surface area contributed by atoms with Gasteiger partial charge in [0.05, 0.1) is 22.7 Å². The van der Waals surface area contributed by atoms with E-state index in [1.807, 2.05) is 72.0 Å². The summed E-state index contributed by atoms with van der Waals surface area (Å²) in [6.45, 7) is 7.93. The third-order valence-electron chi connectivity index (χ3n) is 8.82. The summed E-state index contributed by atoms with van der Waals surface area (Å²) in [4.78, 5) is 56.0. The Bertz CT molecular complexity index is 1460. The number of benzene rings is 1. The molecule has 1 saturated heterocycles. The smallest absolute Gasteiger partial charge is 0.309 e. The van der Waals surface area contributed by atoms with Crippen LogP contribution in [0.15, 0.2) is 41.8 Å². The highest BCUT2D eigenvalue weighted by Gasteiger charge is 2.34. The molecule has 0 unspecified atom stereocenters. The maximum absolute atomic E-state index is 13.6. The number of likely N-dealkylation sites (tertiary alicyclic amines) is 1. The summed E-state index contributed by atoms with van der Waals surface area (Å²) in [5, 5.41) is 5.17. The van der Waals surface area contributed by atoms with Crippen LogP contribution in [-0.2, 0) is 25.7 Å². The zero-order valence-electron chi connectivity index (χ0n) is 25.3. The molecule has 1 aromatic carbocycles. The molecule has 43 heavy (non-hydrogen) atoms. The van der Waals surface area contributed by atoms with Gasteiger partial charge >= 0.3 is 5.97 Å². The van der Waals surface area contributed by atoms with Crippen molar-refractivity contribution in [3.8, 4) is 0 Å². The second-order valence-electron chi connectivity index (χ2n) is 11.6. The van der Waals surface area contributed by atoms with E-state index in [-0.39, 0.29) is 48.1 Å². The van der Waals surface area contributed by atoms with Crippen LogP contribution in [0.2, 0.25) is 0 Å². The van der Waals surface area contributed by atoms with Crippen LogP contribution in [0.1, 0.15) is 68.4 Å². The summed E-state index contributed by atoms with van der Waals surface area (Å²) in [5.41, 5.74) is 3.30. The molecule has 9 nitrogen and oxygen atoms in total. The average molecular weight is 607 g/mol. The van der Waals surface area contributed by atoms with E-state index in [9.17, 15) is 19.2 Å². The zero-order valence-corrected chi connectivity index (χ0v) is 26.2. The number of ether oxygens (including phenoxy) is 1. The molecule has 5 rings (SSSR count). The first-order chi connectivity index (χ1) is 20.8. The first kappa shape index (κ1) is 30.8. The summed E-state index contributed by atoms with van der Waals surface area (Å²) < 4.78 is 7.95. The number of aryl methyl sites for hydroxylation is 1. The molecule has 3 aromatic rings. The van der Waals surface area contributed by atoms with Gasteiger partial charge in [-0.3, -0.25) is 19.2 Å². The van der Waals surface area contributed by atoms with E-state index in [0.717, 1.165) is 47.2 Å². The normalized spacial score (nSPS) is 19.3. The number of anilines is 1. The molecular weight excluding hydrogens is 564 g/mol. The SMILES string of the molecule is CCOC(=O)C1CCN(C(=O)[C@H]2CC[C@H](NC(=O)c3cc4sccc4n3CC(=O)N(CC)c3cccc(C)c3)CC2)CC1. The summed E-state index contributed by atoms with van der Waals surface area (Å²) >= 11 is 1.55. The minimum absolute atomic E-state index is 0.0254. The molecule has 2 aromatic heterocycles. The maximum Gasteiger partial charge on any atom is 0.309 e. The van der Waals surface area contributed by atoms with E-state index in [1.165, 1.54) is 0 Å². The van der Waals surface area contributed by atoms with E-state index in [0.29, 0.717) is 44.8 Å². The van der Waals surface area contributed by atoms with E-state index >= 15 is 0 Å². The van der Waals surface area contributed by atoms with Gasteiger partial charge in [-0.2, -0.15) is 0 Å². The Morgan fingerprint density at radius 2 is 1.72 bits per heavy atom. The van der Waals surface area contributed by atoms with Gasteiger partial charge in [0.1, 0.15) is 12.2 Å². The minimum atomic E-state index is -0.189. The number of carbonyl (C=O) groups excluding carboxylic acids is 4. The number of nitrogens with one attached hydrogen (secondary N) is 1. The standard InChI is InChI=1S/C33H42N4O5S/c1-4-36(26-8-6-7-22(3)19-26)30(38)21-37-27-15-18-43-29(27)20-28(37)31(39)34-25-11-9-23(10-12-25)32(40)35-16-13-24(14-17-35)33(41)42-5-2/h6-8,15,18-20,23-25H,4-5,9-14,16-17,21H2,1-3H3,(H,34,39)/t23-,25-. The van der Waals surface area contributed by atoms with Crippen molar-refractivity contribution in [3.63, 3.8) is 0 Å². The van der Waals surface area contributed by atoms with Crippen molar-refractivity contribution < 1.29 is 23.9 Å². The highest BCUT2D eigenvalue weighted by atomic mass is 32.1. The molecule has 1 aliphatic heterocycles. The van der Waals surface area contributed by atoms with Crippen LogP contribution < -0.4 is 10.2 Å². The molecular formula is C33H42N4O5S. The number of piperidine rings is 1. The molecule has 0 spiro atoms. The number of hydrogen-bond donors (Lipinski definition) is 1. The van der Waals surface area contributed by atoms with Crippen LogP contribution in [0.4, 0.5) is 5.69 Å². The molecule has 1 saturated carbocycles. The van der Waals surface area contributed by atoms with Crippen LogP contribution in [0.3, 0.4) is 0 Å². The number of likely N-dealkylation sites (N-methyl/N-ethyl adjacent to an activating group) is 1. The lowest BCUT2D eigenvalue weighted by molar-refractivity contribution is -0.152. The van der Waals surface area contributed by atoms with Gasteiger partial charge in [0.15, 0.2) is 0 Å². The topological polar surface area (TPSA) is 101 Å². The highest BCUT2D eigenvalue weighted by molar-refractivity contribution is 7.17. The van der Waals surface area contributed by atoms with Crippen LogP contribution >= 0.6 is 11.3 Å². The summed E-state index contributed by atoms with van der Waals surface area (Å²) in [6.07, 6.45) is 4.20. The molecule has 2 aliphatic rings. The summed E-state index contributed by atoms with van der Waals surface area (Å²) in [6, 6.07) is 11.7. The van der Waals surface area contributed by atoms with Crippen molar-refractivity contribution in [2.24, 2.45) is 11.8 Å². The Kier molecular flexibility index (Phi) is 9.85. The maximum atomic E-state index is 13.6. The Morgan fingerprint density at radius 3 is 2.40 bits per heavy atom. The number of esters is 1. The Labute approximate surface area is 257 Å². The van der Waals surface area contributed by atoms with Crippen molar-refractivity contribution in [2.75, 3.05) is 31.1 Å². The molecule has 230 valence electrons. The lowest BCUT2D eigenvalue weighted by Gasteiger charge is -2.35. The van der Waals surface area contributed by atoms with Gasteiger partial charge in [-0.05, 0) is 94.5 Å². The predicted molar refractivity (Wildman–Crippen MR) is 168 cm³/mol. The van der Waals surface area contributed by atoms with Crippen molar-refractivity contribution in [1.29, 1.82) is 0 Å². The highest BCUT2D eigenvalue weighted by Crippen LogP contribution is 2.30. The van der Waals surface area contributed by atoms with E-state index in [1.54, 1.807) is 16.2 Å². The van der Waals surface area contributed by atoms with Crippen LogP contribution in [-0.4, -0.2) is 65.4 Å². The monoisotopic (exact) mass is 606 g/mol. The van der Waals surface area contributed by atoms with Crippen molar-refractivity contribution in [1.82, 2.24) is 14.8 Å². The van der Waals surface area contributed by atoms with Gasteiger partial charge in [-0.25, -0.2) is 0 Å². The molecule has 1 aliphatic carbocycles. The van der Waals surface area contributed by atoms with E-state index in [4.69, 9.17) is 4.74 Å². The fraction of sp³-hybridized carbons (Fsp3) is 0.515. The van der Waals surface area contributed by atoms with Gasteiger partial charge in [0, 0.05) is 37.3 Å². The largest absolute Gasteiger partial charge is 0.466 e. The minimum Gasteiger partial charge on any atom is -0.466 e. The molecule has 2 fully saturated rings. The lowest BCUT2D eigenvalue weighted by atomic mass is 9.84. The molecule has 10 heteroatoms. The number of amides is 3. The van der Waals surface area contributed by atoms with Gasteiger partial charge in [0.2, 0.25) is 11.8 Å². The van der Waals surface area contributed by atoms with Crippen molar-refractivity contribution in [3.05, 3.63) is 53.0 Å². The number of rotatable bonds is 9. The number of nitrogens with zero attached hydrogens (tertiary/aromatic N) is 3. The van der Waals surface area contributed by atoms with Gasteiger partial charge in [-0.15, -0.1) is 11.3 Å². The second kappa shape index (κ2) is 13.8. The molecule has 3 heterocycles. The van der Waals surface area contributed by atoms with Crippen LogP contribution in [0.25, 0.3) is 10.2 Å².